The number of hydrogen-bond donors (Lipinski definition) is 1. The molecule has 0 spiro atoms. The Hall–Kier alpha value is -1.12. The predicted octanol–water partition coefficient (Wildman–Crippen LogP) is 3.74. The fourth-order valence-electron chi connectivity index (χ4n) is 1.78. The largest absolute Gasteiger partial charge is 0.319 e. The summed E-state index contributed by atoms with van der Waals surface area (Å²) in [6.45, 7) is 3.30. The fraction of sp³-hybridized carbons (Fsp3) is 0.286. The maximum Gasteiger partial charge on any atom is 0.0345 e. The van der Waals surface area contributed by atoms with Crippen molar-refractivity contribution >= 4 is 11.3 Å². The highest BCUT2D eigenvalue weighted by atomic mass is 32.1. The van der Waals surface area contributed by atoms with Gasteiger partial charge in [0.05, 0.1) is 0 Å². The van der Waals surface area contributed by atoms with Crippen molar-refractivity contribution in [2.45, 2.75) is 12.8 Å². The second kappa shape index (κ2) is 5.28. The molecule has 1 atom stereocenters. The number of rotatable bonds is 4. The van der Waals surface area contributed by atoms with Crippen LogP contribution in [-0.2, 0) is 0 Å². The SMILES string of the molecule is CNCC(C)c1ccc(-c2ccccc2)s1. The molecule has 0 radical (unpaired) electrons. The van der Waals surface area contributed by atoms with Crippen LogP contribution in [0, 0.1) is 0 Å². The first-order valence-corrected chi connectivity index (χ1v) is 6.42. The lowest BCUT2D eigenvalue weighted by Gasteiger charge is -2.07. The third-order valence-electron chi connectivity index (χ3n) is 2.68. The zero-order chi connectivity index (χ0) is 11.4. The molecule has 0 saturated carbocycles. The van der Waals surface area contributed by atoms with Gasteiger partial charge in [0.15, 0.2) is 0 Å². The Morgan fingerprint density at radius 2 is 1.88 bits per heavy atom. The van der Waals surface area contributed by atoms with Crippen molar-refractivity contribution in [1.29, 1.82) is 0 Å². The van der Waals surface area contributed by atoms with Gasteiger partial charge in [-0.2, -0.15) is 0 Å². The highest BCUT2D eigenvalue weighted by Crippen LogP contribution is 2.31. The fourth-order valence-corrected chi connectivity index (χ4v) is 2.85. The summed E-state index contributed by atoms with van der Waals surface area (Å²) in [6, 6.07) is 15.0. The van der Waals surface area contributed by atoms with Crippen molar-refractivity contribution in [3.05, 3.63) is 47.3 Å². The number of likely N-dealkylation sites (N-methyl/N-ethyl adjacent to an activating group) is 1. The van der Waals surface area contributed by atoms with Crippen LogP contribution in [0.15, 0.2) is 42.5 Å². The average Bonchev–Trinajstić information content (AvgIpc) is 2.80. The molecule has 1 nitrogen and oxygen atoms in total. The molecular weight excluding hydrogens is 214 g/mol. The topological polar surface area (TPSA) is 12.0 Å². The van der Waals surface area contributed by atoms with Crippen LogP contribution in [0.2, 0.25) is 0 Å². The first-order valence-electron chi connectivity index (χ1n) is 5.61. The number of thiophene rings is 1. The Kier molecular flexibility index (Phi) is 3.75. The Morgan fingerprint density at radius 1 is 1.12 bits per heavy atom. The maximum atomic E-state index is 3.22. The molecule has 0 aliphatic carbocycles. The molecular formula is C14H17NS. The van der Waals surface area contributed by atoms with E-state index in [0.717, 1.165) is 6.54 Å². The molecule has 2 aromatic rings. The van der Waals surface area contributed by atoms with E-state index in [1.165, 1.54) is 15.3 Å². The molecule has 2 heteroatoms. The molecule has 1 aromatic heterocycles. The minimum Gasteiger partial charge on any atom is -0.319 e. The Balaban J connectivity index is 2.20. The Bertz CT molecular complexity index is 433. The first kappa shape index (κ1) is 11.4. The zero-order valence-corrected chi connectivity index (χ0v) is 10.6. The van der Waals surface area contributed by atoms with Gasteiger partial charge in [-0.3, -0.25) is 0 Å². The lowest BCUT2D eigenvalue weighted by atomic mass is 10.1. The normalized spacial score (nSPS) is 12.6. The highest BCUT2D eigenvalue weighted by Gasteiger charge is 2.08. The summed E-state index contributed by atoms with van der Waals surface area (Å²) >= 11 is 1.89. The van der Waals surface area contributed by atoms with Crippen molar-refractivity contribution in [2.75, 3.05) is 13.6 Å². The first-order chi connectivity index (χ1) is 7.81. The molecule has 1 aromatic carbocycles. The lowest BCUT2D eigenvalue weighted by molar-refractivity contribution is 0.687. The number of hydrogen-bond acceptors (Lipinski definition) is 2. The molecule has 1 heterocycles. The van der Waals surface area contributed by atoms with E-state index in [9.17, 15) is 0 Å². The minimum absolute atomic E-state index is 0.590. The Labute approximate surface area is 101 Å². The van der Waals surface area contributed by atoms with Gasteiger partial charge < -0.3 is 5.32 Å². The predicted molar refractivity (Wildman–Crippen MR) is 72.1 cm³/mol. The molecule has 0 fully saturated rings. The van der Waals surface area contributed by atoms with E-state index in [0.29, 0.717) is 5.92 Å². The van der Waals surface area contributed by atoms with E-state index >= 15 is 0 Å². The van der Waals surface area contributed by atoms with Crippen molar-refractivity contribution in [3.63, 3.8) is 0 Å². The quantitative estimate of drug-likeness (QED) is 0.845. The molecule has 84 valence electrons. The van der Waals surface area contributed by atoms with Crippen LogP contribution in [-0.4, -0.2) is 13.6 Å². The minimum atomic E-state index is 0.590. The average molecular weight is 231 g/mol. The maximum absolute atomic E-state index is 3.22. The standard InChI is InChI=1S/C14H17NS/c1-11(10-15-2)13-8-9-14(16-13)12-6-4-3-5-7-12/h3-9,11,15H,10H2,1-2H3. The van der Waals surface area contributed by atoms with E-state index in [2.05, 4.69) is 54.7 Å². The van der Waals surface area contributed by atoms with Crippen LogP contribution in [0.5, 0.6) is 0 Å². The van der Waals surface area contributed by atoms with Crippen LogP contribution in [0.25, 0.3) is 10.4 Å². The molecule has 0 amide bonds. The highest BCUT2D eigenvalue weighted by molar-refractivity contribution is 7.15. The Morgan fingerprint density at radius 3 is 2.56 bits per heavy atom. The summed E-state index contributed by atoms with van der Waals surface area (Å²) in [5.74, 6) is 0.590. The molecule has 2 rings (SSSR count). The van der Waals surface area contributed by atoms with Crippen molar-refractivity contribution in [2.24, 2.45) is 0 Å². The van der Waals surface area contributed by atoms with E-state index in [-0.39, 0.29) is 0 Å². The summed E-state index contributed by atoms with van der Waals surface area (Å²) < 4.78 is 0. The van der Waals surface area contributed by atoms with E-state index < -0.39 is 0 Å². The van der Waals surface area contributed by atoms with Crippen LogP contribution in [0.1, 0.15) is 17.7 Å². The van der Waals surface area contributed by atoms with Gasteiger partial charge in [0.2, 0.25) is 0 Å². The van der Waals surface area contributed by atoms with Gasteiger partial charge in [-0.1, -0.05) is 37.3 Å². The van der Waals surface area contributed by atoms with Crippen LogP contribution in [0.4, 0.5) is 0 Å². The van der Waals surface area contributed by atoms with Crippen molar-refractivity contribution in [3.8, 4) is 10.4 Å². The summed E-state index contributed by atoms with van der Waals surface area (Å²) in [5, 5.41) is 3.22. The third kappa shape index (κ3) is 2.52. The van der Waals surface area contributed by atoms with Crippen LogP contribution >= 0.6 is 11.3 Å². The van der Waals surface area contributed by atoms with Gasteiger partial charge in [-0.25, -0.2) is 0 Å². The van der Waals surface area contributed by atoms with Gasteiger partial charge >= 0.3 is 0 Å². The van der Waals surface area contributed by atoms with E-state index in [1.807, 2.05) is 18.4 Å². The van der Waals surface area contributed by atoms with E-state index in [1.54, 1.807) is 0 Å². The summed E-state index contributed by atoms with van der Waals surface area (Å²) in [7, 11) is 2.00. The summed E-state index contributed by atoms with van der Waals surface area (Å²) in [4.78, 5) is 2.81. The molecule has 1 unspecified atom stereocenters. The van der Waals surface area contributed by atoms with Crippen LogP contribution in [0.3, 0.4) is 0 Å². The second-order valence-electron chi connectivity index (χ2n) is 4.03. The number of benzene rings is 1. The summed E-state index contributed by atoms with van der Waals surface area (Å²) in [6.07, 6.45) is 0. The van der Waals surface area contributed by atoms with Gasteiger partial charge in [0, 0.05) is 22.2 Å². The van der Waals surface area contributed by atoms with Gasteiger partial charge in [-0.05, 0) is 24.7 Å². The molecule has 1 N–H and O–H groups in total. The second-order valence-corrected chi connectivity index (χ2v) is 5.14. The smallest absolute Gasteiger partial charge is 0.0345 e. The monoisotopic (exact) mass is 231 g/mol. The van der Waals surface area contributed by atoms with Crippen molar-refractivity contribution in [1.82, 2.24) is 5.32 Å². The number of nitrogens with one attached hydrogen (secondary N) is 1. The zero-order valence-electron chi connectivity index (χ0n) is 9.73. The molecule has 0 aliphatic rings. The van der Waals surface area contributed by atoms with Gasteiger partial charge in [0.25, 0.3) is 0 Å². The molecule has 0 bridgehead atoms. The van der Waals surface area contributed by atoms with Crippen molar-refractivity contribution < 1.29 is 0 Å². The van der Waals surface area contributed by atoms with Gasteiger partial charge in [0.1, 0.15) is 0 Å². The summed E-state index contributed by atoms with van der Waals surface area (Å²) in [5.41, 5.74) is 1.32. The van der Waals surface area contributed by atoms with Gasteiger partial charge in [-0.15, -0.1) is 11.3 Å². The third-order valence-corrected chi connectivity index (χ3v) is 4.05. The van der Waals surface area contributed by atoms with Crippen LogP contribution < -0.4 is 5.32 Å². The molecule has 16 heavy (non-hydrogen) atoms. The lowest BCUT2D eigenvalue weighted by Crippen LogP contribution is -2.13. The molecule has 0 saturated heterocycles. The van der Waals surface area contributed by atoms with E-state index in [4.69, 9.17) is 0 Å². The molecule has 0 aliphatic heterocycles.